The molecule has 0 bridgehead atoms. The van der Waals surface area contributed by atoms with Crippen molar-refractivity contribution in [2.45, 2.75) is 25.7 Å². The van der Waals surface area contributed by atoms with Gasteiger partial charge in [0.1, 0.15) is 17.2 Å². The average Bonchev–Trinajstić information content (AvgIpc) is 2.90. The Morgan fingerprint density at radius 2 is 1.74 bits per heavy atom. The number of benzene rings is 3. The Labute approximate surface area is 231 Å². The fourth-order valence-electron chi connectivity index (χ4n) is 4.04. The molecule has 2 N–H and O–H groups in total. The van der Waals surface area contributed by atoms with Gasteiger partial charge >= 0.3 is 6.09 Å². The summed E-state index contributed by atoms with van der Waals surface area (Å²) in [4.78, 5) is 11.2. The van der Waals surface area contributed by atoms with Crippen molar-refractivity contribution >= 4 is 35.0 Å². The number of fused-ring (bicyclic) bond motifs is 4. The van der Waals surface area contributed by atoms with Crippen LogP contribution in [-0.4, -0.2) is 51.0 Å². The zero-order chi connectivity index (χ0) is 28.2. The predicted octanol–water partition coefficient (Wildman–Crippen LogP) is 6.02. The van der Waals surface area contributed by atoms with Crippen molar-refractivity contribution < 1.29 is 38.3 Å². The molecule has 1 atom stereocenters. The topological polar surface area (TPSA) is 105 Å². The highest BCUT2D eigenvalue weighted by Crippen LogP contribution is 2.49. The summed E-state index contributed by atoms with van der Waals surface area (Å²) in [5.74, 6) is 1.34. The number of rotatable bonds is 5. The molecule has 0 radical (unpaired) electrons. The number of carbonyl (C=O) groups excluding carboxylic acids is 1. The summed E-state index contributed by atoms with van der Waals surface area (Å²) >= 11 is 5.74. The third-order valence-electron chi connectivity index (χ3n) is 5.83. The van der Waals surface area contributed by atoms with Gasteiger partial charge in [-0.1, -0.05) is 17.7 Å². The number of nitrogens with one attached hydrogen (secondary N) is 1. The summed E-state index contributed by atoms with van der Waals surface area (Å²) in [5.41, 5.74) is 2.80. The molecule has 0 fully saturated rings. The molecule has 3 aromatic rings. The Bertz CT molecular complexity index is 1390. The van der Waals surface area contributed by atoms with Crippen LogP contribution >= 0.6 is 11.6 Å². The standard InChI is InChI=1S/C19H18O6.C10H12ClNO2/c1-21-12-5-4-11-6-14-13-8-17(22-2)18(23-3)9-16(13)24-10-19(14,20)25-15(11)7-12;1-7(2)14-10(13)12-9-5-3-4-8(11)6-9/h4-9,20H,10H2,1-3H3;3-7H,1-2H3,(H,12,13). The van der Waals surface area contributed by atoms with Gasteiger partial charge in [-0.15, -0.1) is 0 Å². The number of amides is 1. The number of hydrogen-bond donors (Lipinski definition) is 2. The quantitative estimate of drug-likeness (QED) is 0.393. The van der Waals surface area contributed by atoms with Crippen LogP contribution in [0.2, 0.25) is 5.02 Å². The molecule has 1 unspecified atom stereocenters. The molecule has 3 aromatic carbocycles. The lowest BCUT2D eigenvalue weighted by Crippen LogP contribution is -2.47. The third-order valence-corrected chi connectivity index (χ3v) is 6.07. The van der Waals surface area contributed by atoms with Crippen LogP contribution in [0.15, 0.2) is 54.6 Å². The molecular formula is C29H30ClNO8. The van der Waals surface area contributed by atoms with E-state index in [1.807, 2.05) is 18.2 Å². The molecule has 2 aliphatic rings. The first-order valence-corrected chi connectivity index (χ1v) is 12.5. The maximum absolute atomic E-state index is 11.2. The van der Waals surface area contributed by atoms with Crippen molar-refractivity contribution in [3.63, 3.8) is 0 Å². The van der Waals surface area contributed by atoms with Crippen LogP contribution in [0.25, 0.3) is 11.6 Å². The number of ether oxygens (including phenoxy) is 6. The highest BCUT2D eigenvalue weighted by molar-refractivity contribution is 6.30. The maximum Gasteiger partial charge on any atom is 0.411 e. The number of hydrogen-bond acceptors (Lipinski definition) is 8. The second kappa shape index (κ2) is 11.8. The third kappa shape index (κ3) is 6.32. The molecule has 0 aromatic heterocycles. The van der Waals surface area contributed by atoms with Gasteiger partial charge in [-0.05, 0) is 56.3 Å². The monoisotopic (exact) mass is 555 g/mol. The largest absolute Gasteiger partial charge is 0.497 e. The van der Waals surface area contributed by atoms with Crippen LogP contribution in [-0.2, 0) is 4.74 Å². The Kier molecular flexibility index (Phi) is 8.42. The van der Waals surface area contributed by atoms with Gasteiger partial charge in [-0.2, -0.15) is 0 Å². The highest BCUT2D eigenvalue weighted by atomic mass is 35.5. The summed E-state index contributed by atoms with van der Waals surface area (Å²) in [6, 6.07) is 15.9. The van der Waals surface area contributed by atoms with E-state index in [0.29, 0.717) is 50.6 Å². The van der Waals surface area contributed by atoms with E-state index in [1.165, 1.54) is 0 Å². The van der Waals surface area contributed by atoms with E-state index in [4.69, 9.17) is 40.0 Å². The minimum atomic E-state index is -1.58. The lowest BCUT2D eigenvalue weighted by molar-refractivity contribution is -0.116. The first-order chi connectivity index (χ1) is 18.6. The summed E-state index contributed by atoms with van der Waals surface area (Å²) in [6.45, 7) is 3.55. The fourth-order valence-corrected chi connectivity index (χ4v) is 4.23. The normalized spacial score (nSPS) is 16.5. The highest BCUT2D eigenvalue weighted by Gasteiger charge is 2.44. The molecule has 0 saturated heterocycles. The van der Waals surface area contributed by atoms with Crippen LogP contribution in [0.3, 0.4) is 0 Å². The minimum absolute atomic E-state index is 0.0298. The van der Waals surface area contributed by atoms with E-state index in [2.05, 4.69) is 5.32 Å². The smallest absolute Gasteiger partial charge is 0.411 e. The van der Waals surface area contributed by atoms with Gasteiger partial charge in [0.25, 0.3) is 5.79 Å². The Morgan fingerprint density at radius 3 is 2.41 bits per heavy atom. The first-order valence-electron chi connectivity index (χ1n) is 12.1. The number of carbonyl (C=O) groups is 1. The van der Waals surface area contributed by atoms with Crippen LogP contribution in [0.5, 0.6) is 28.7 Å². The van der Waals surface area contributed by atoms with E-state index in [9.17, 15) is 9.90 Å². The van der Waals surface area contributed by atoms with Crippen molar-refractivity contribution in [1.29, 1.82) is 0 Å². The Morgan fingerprint density at radius 1 is 1.00 bits per heavy atom. The molecule has 0 aliphatic carbocycles. The van der Waals surface area contributed by atoms with Crippen molar-refractivity contribution in [1.82, 2.24) is 0 Å². The average molecular weight is 556 g/mol. The van der Waals surface area contributed by atoms with Crippen molar-refractivity contribution in [3.05, 3.63) is 70.7 Å². The Balaban J connectivity index is 0.000000215. The number of anilines is 1. The molecule has 206 valence electrons. The van der Waals surface area contributed by atoms with Gasteiger partial charge < -0.3 is 33.5 Å². The van der Waals surface area contributed by atoms with E-state index in [-0.39, 0.29) is 12.7 Å². The van der Waals surface area contributed by atoms with Gasteiger partial charge in [-0.25, -0.2) is 4.79 Å². The summed E-state index contributed by atoms with van der Waals surface area (Å²) in [6.07, 6.45) is 1.29. The molecule has 0 saturated carbocycles. The molecule has 0 spiro atoms. The molecular weight excluding hydrogens is 526 g/mol. The number of aliphatic hydroxyl groups is 1. The van der Waals surface area contributed by atoms with Crippen molar-refractivity contribution in [2.24, 2.45) is 0 Å². The predicted molar refractivity (Wildman–Crippen MR) is 148 cm³/mol. The lowest BCUT2D eigenvalue weighted by Gasteiger charge is -2.39. The molecule has 9 nitrogen and oxygen atoms in total. The van der Waals surface area contributed by atoms with Crippen molar-refractivity contribution in [2.75, 3.05) is 33.3 Å². The summed E-state index contributed by atoms with van der Waals surface area (Å²) in [7, 11) is 4.71. The number of methoxy groups -OCH3 is 3. The van der Waals surface area contributed by atoms with Crippen LogP contribution in [0.1, 0.15) is 25.0 Å². The molecule has 1 amide bonds. The number of halogens is 1. The van der Waals surface area contributed by atoms with Gasteiger partial charge in [-0.3, -0.25) is 5.32 Å². The van der Waals surface area contributed by atoms with E-state index >= 15 is 0 Å². The lowest BCUT2D eigenvalue weighted by atomic mass is 9.90. The zero-order valence-electron chi connectivity index (χ0n) is 22.2. The molecule has 5 rings (SSSR count). The van der Waals surface area contributed by atoms with E-state index in [0.717, 1.165) is 5.56 Å². The zero-order valence-corrected chi connectivity index (χ0v) is 23.0. The summed E-state index contributed by atoms with van der Waals surface area (Å²) < 4.78 is 32.4. The SMILES string of the molecule is CC(C)OC(=O)Nc1cccc(Cl)c1.COc1ccc2c(c1)OC1(O)COc3cc(OC)c(OC)cc3C1=C2. The molecule has 10 heteroatoms. The molecule has 2 aliphatic heterocycles. The van der Waals surface area contributed by atoms with E-state index < -0.39 is 11.9 Å². The van der Waals surface area contributed by atoms with Crippen LogP contribution < -0.4 is 29.0 Å². The maximum atomic E-state index is 11.2. The second-order valence-corrected chi connectivity index (χ2v) is 9.37. The van der Waals surface area contributed by atoms with Gasteiger partial charge in [0.05, 0.1) is 27.4 Å². The minimum Gasteiger partial charge on any atom is -0.497 e. The van der Waals surface area contributed by atoms with Crippen LogP contribution in [0, 0.1) is 0 Å². The van der Waals surface area contributed by atoms with Gasteiger partial charge in [0.2, 0.25) is 0 Å². The van der Waals surface area contributed by atoms with E-state index in [1.54, 1.807) is 77.6 Å². The Hall–Kier alpha value is -4.08. The van der Waals surface area contributed by atoms with Gasteiger partial charge in [0.15, 0.2) is 18.1 Å². The summed E-state index contributed by atoms with van der Waals surface area (Å²) in [5, 5.41) is 14.2. The fraction of sp³-hybridized carbons (Fsp3) is 0.276. The van der Waals surface area contributed by atoms with Crippen molar-refractivity contribution in [3.8, 4) is 28.7 Å². The van der Waals surface area contributed by atoms with Crippen LogP contribution in [0.4, 0.5) is 10.5 Å². The molecule has 39 heavy (non-hydrogen) atoms. The molecule has 2 heterocycles. The first kappa shape index (κ1) is 27.9. The van der Waals surface area contributed by atoms with Gasteiger partial charge in [0, 0.05) is 39.5 Å². The second-order valence-electron chi connectivity index (χ2n) is 8.93.